The third kappa shape index (κ3) is 2.80. The summed E-state index contributed by atoms with van der Waals surface area (Å²) in [7, 11) is 0. The van der Waals surface area contributed by atoms with E-state index in [2.05, 4.69) is 20.8 Å². The summed E-state index contributed by atoms with van der Waals surface area (Å²) < 4.78 is 11.5. The predicted molar refractivity (Wildman–Crippen MR) is 76.7 cm³/mol. The van der Waals surface area contributed by atoms with Crippen LogP contribution in [0.15, 0.2) is 0 Å². The lowest BCUT2D eigenvalue weighted by atomic mass is 9.63. The van der Waals surface area contributed by atoms with Crippen LogP contribution in [0.25, 0.3) is 0 Å². The highest BCUT2D eigenvalue weighted by atomic mass is 16.6. The Morgan fingerprint density at radius 1 is 1.19 bits per heavy atom. The molecule has 5 nitrogen and oxygen atoms in total. The molecule has 2 rings (SSSR count). The summed E-state index contributed by atoms with van der Waals surface area (Å²) in [4.78, 5) is 22.8. The molecule has 0 amide bonds. The van der Waals surface area contributed by atoms with E-state index in [1.807, 2.05) is 0 Å². The number of carboxylic acid groups (broad SMARTS) is 1. The van der Waals surface area contributed by atoms with Crippen molar-refractivity contribution in [2.24, 2.45) is 23.7 Å². The number of carbonyl (C=O) groups is 2. The van der Waals surface area contributed by atoms with Crippen LogP contribution in [0.5, 0.6) is 0 Å². The van der Waals surface area contributed by atoms with Crippen LogP contribution in [0.1, 0.15) is 47.5 Å². The quantitative estimate of drug-likeness (QED) is 0.793. The summed E-state index contributed by atoms with van der Waals surface area (Å²) in [6, 6.07) is 0. The van der Waals surface area contributed by atoms with Crippen LogP contribution in [-0.2, 0) is 19.1 Å². The summed E-state index contributed by atoms with van der Waals surface area (Å²) in [5.74, 6) is -0.403. The van der Waals surface area contributed by atoms with Gasteiger partial charge in [-0.2, -0.15) is 0 Å². The number of aliphatic carboxylic acids is 1. The highest BCUT2D eigenvalue weighted by Gasteiger charge is 2.53. The van der Waals surface area contributed by atoms with Gasteiger partial charge in [-0.3, -0.25) is 4.79 Å². The third-order valence-corrected chi connectivity index (χ3v) is 5.59. The maximum absolute atomic E-state index is 11.4. The Balaban J connectivity index is 2.22. The van der Waals surface area contributed by atoms with E-state index in [-0.39, 0.29) is 41.8 Å². The highest BCUT2D eigenvalue weighted by molar-refractivity contribution is 5.77. The van der Waals surface area contributed by atoms with Crippen LogP contribution < -0.4 is 0 Å². The fourth-order valence-electron chi connectivity index (χ4n) is 4.00. The van der Waals surface area contributed by atoms with Gasteiger partial charge in [-0.05, 0) is 43.4 Å². The number of rotatable bonds is 2. The van der Waals surface area contributed by atoms with Crippen molar-refractivity contribution >= 4 is 11.9 Å². The normalized spacial score (nSPS) is 46.5. The second-order valence-electron chi connectivity index (χ2n) is 6.97. The molecule has 0 aromatic heterocycles. The zero-order valence-electron chi connectivity index (χ0n) is 13.5. The molecule has 1 aliphatic heterocycles. The number of hydrogen-bond acceptors (Lipinski definition) is 4. The minimum atomic E-state index is -1.09. The summed E-state index contributed by atoms with van der Waals surface area (Å²) in [6.07, 6.45) is 1.10. The number of ether oxygens (including phenoxy) is 2. The second-order valence-corrected chi connectivity index (χ2v) is 6.97. The molecule has 0 aromatic rings. The Bertz CT molecular complexity index is 434. The number of carbonyl (C=O) groups excluding carboxylic acids is 1. The van der Waals surface area contributed by atoms with Gasteiger partial charge in [0.1, 0.15) is 6.10 Å². The zero-order valence-corrected chi connectivity index (χ0v) is 13.5. The molecule has 0 spiro atoms. The molecule has 1 heterocycles. The van der Waals surface area contributed by atoms with Gasteiger partial charge >= 0.3 is 11.9 Å². The van der Waals surface area contributed by atoms with Gasteiger partial charge in [-0.25, -0.2) is 4.79 Å². The SMILES string of the molecule is CC(=O)OC1C(C)C(C)C2OC(C)(C(=O)O)CCC2C1C. The standard InChI is InChI=1S/C16H26O5/c1-8-9(2)14-12(10(3)13(8)20-11(4)17)6-7-16(5,21-14)15(18)19/h8-10,12-14H,6-7H2,1-5H3,(H,18,19). The van der Waals surface area contributed by atoms with Crippen molar-refractivity contribution in [3.63, 3.8) is 0 Å². The van der Waals surface area contributed by atoms with Gasteiger partial charge in [0.15, 0.2) is 5.60 Å². The fourth-order valence-corrected chi connectivity index (χ4v) is 4.00. The number of esters is 1. The molecule has 120 valence electrons. The monoisotopic (exact) mass is 298 g/mol. The van der Waals surface area contributed by atoms with E-state index in [1.54, 1.807) is 6.92 Å². The first-order valence-electron chi connectivity index (χ1n) is 7.76. The second kappa shape index (κ2) is 5.59. The smallest absolute Gasteiger partial charge is 0.335 e. The van der Waals surface area contributed by atoms with Gasteiger partial charge in [0, 0.05) is 6.92 Å². The number of hydrogen-bond donors (Lipinski definition) is 1. The Morgan fingerprint density at radius 2 is 1.81 bits per heavy atom. The maximum Gasteiger partial charge on any atom is 0.335 e. The van der Waals surface area contributed by atoms with E-state index in [0.717, 1.165) is 6.42 Å². The topological polar surface area (TPSA) is 72.8 Å². The van der Waals surface area contributed by atoms with Gasteiger partial charge < -0.3 is 14.6 Å². The number of fused-ring (bicyclic) bond motifs is 1. The van der Waals surface area contributed by atoms with Crippen molar-refractivity contribution in [3.05, 3.63) is 0 Å². The average molecular weight is 298 g/mol. The molecular weight excluding hydrogens is 272 g/mol. The van der Waals surface area contributed by atoms with E-state index in [0.29, 0.717) is 6.42 Å². The molecule has 7 atom stereocenters. The van der Waals surface area contributed by atoms with Crippen molar-refractivity contribution in [1.29, 1.82) is 0 Å². The van der Waals surface area contributed by atoms with Crippen LogP contribution >= 0.6 is 0 Å². The molecule has 0 bridgehead atoms. The molecule has 1 aliphatic carbocycles. The molecule has 21 heavy (non-hydrogen) atoms. The first-order chi connectivity index (χ1) is 9.67. The third-order valence-electron chi connectivity index (χ3n) is 5.59. The molecule has 7 unspecified atom stereocenters. The first kappa shape index (κ1) is 16.3. The van der Waals surface area contributed by atoms with E-state index in [1.165, 1.54) is 6.92 Å². The minimum absolute atomic E-state index is 0.0864. The van der Waals surface area contributed by atoms with Crippen molar-refractivity contribution in [1.82, 2.24) is 0 Å². The Morgan fingerprint density at radius 3 is 2.33 bits per heavy atom. The largest absolute Gasteiger partial charge is 0.479 e. The molecular formula is C16H26O5. The van der Waals surface area contributed by atoms with Gasteiger partial charge in [0.2, 0.25) is 0 Å². The van der Waals surface area contributed by atoms with Crippen LogP contribution in [0.3, 0.4) is 0 Å². The van der Waals surface area contributed by atoms with Crippen LogP contribution in [-0.4, -0.2) is 34.9 Å². The molecule has 0 radical (unpaired) electrons. The fraction of sp³-hybridized carbons (Fsp3) is 0.875. The lowest BCUT2D eigenvalue weighted by molar-refractivity contribution is -0.227. The molecule has 2 fully saturated rings. The Hall–Kier alpha value is -1.10. The average Bonchev–Trinajstić information content (AvgIpc) is 2.40. The van der Waals surface area contributed by atoms with E-state index in [9.17, 15) is 14.7 Å². The molecule has 1 saturated heterocycles. The highest BCUT2D eigenvalue weighted by Crippen LogP contribution is 2.48. The van der Waals surface area contributed by atoms with Crippen molar-refractivity contribution in [2.45, 2.75) is 65.3 Å². The summed E-state index contributed by atoms with van der Waals surface area (Å²) in [5.41, 5.74) is -1.09. The van der Waals surface area contributed by atoms with Gasteiger partial charge in [0.25, 0.3) is 0 Å². The maximum atomic E-state index is 11.4. The van der Waals surface area contributed by atoms with Crippen molar-refractivity contribution in [3.8, 4) is 0 Å². The Kier molecular flexibility index (Phi) is 4.34. The van der Waals surface area contributed by atoms with Crippen LogP contribution in [0.4, 0.5) is 0 Å². The van der Waals surface area contributed by atoms with Gasteiger partial charge in [-0.15, -0.1) is 0 Å². The van der Waals surface area contributed by atoms with Crippen molar-refractivity contribution in [2.75, 3.05) is 0 Å². The lowest BCUT2D eigenvalue weighted by Gasteiger charge is -2.53. The zero-order chi connectivity index (χ0) is 15.9. The van der Waals surface area contributed by atoms with Crippen LogP contribution in [0, 0.1) is 23.7 Å². The molecule has 2 aliphatic rings. The summed E-state index contributed by atoms with van der Waals surface area (Å²) in [5, 5.41) is 9.38. The summed E-state index contributed by atoms with van der Waals surface area (Å²) >= 11 is 0. The molecule has 1 N–H and O–H groups in total. The van der Waals surface area contributed by atoms with Gasteiger partial charge in [0.05, 0.1) is 6.10 Å². The lowest BCUT2D eigenvalue weighted by Crippen LogP contribution is -2.58. The number of carboxylic acids is 1. The summed E-state index contributed by atoms with van der Waals surface area (Å²) in [6.45, 7) is 9.31. The van der Waals surface area contributed by atoms with Gasteiger partial charge in [-0.1, -0.05) is 20.8 Å². The van der Waals surface area contributed by atoms with Crippen LogP contribution in [0.2, 0.25) is 0 Å². The van der Waals surface area contributed by atoms with E-state index >= 15 is 0 Å². The first-order valence-corrected chi connectivity index (χ1v) is 7.76. The molecule has 5 heteroatoms. The minimum Gasteiger partial charge on any atom is -0.479 e. The molecule has 0 aromatic carbocycles. The van der Waals surface area contributed by atoms with E-state index in [4.69, 9.17) is 9.47 Å². The Labute approximate surface area is 126 Å². The van der Waals surface area contributed by atoms with E-state index < -0.39 is 11.6 Å². The predicted octanol–water partition coefficient (Wildman–Crippen LogP) is 2.48. The van der Waals surface area contributed by atoms with Crippen molar-refractivity contribution < 1.29 is 24.2 Å². The molecule has 1 saturated carbocycles.